The van der Waals surface area contributed by atoms with Gasteiger partial charge >= 0.3 is 0 Å². The van der Waals surface area contributed by atoms with Crippen LogP contribution in [-0.4, -0.2) is 28.9 Å². The van der Waals surface area contributed by atoms with Gasteiger partial charge in [0.05, 0.1) is 16.8 Å². The highest BCUT2D eigenvalue weighted by Gasteiger charge is 2.19. The maximum atomic E-state index is 13.4. The number of carbonyl (C=O) groups excluding carboxylic acids is 1. The Balaban J connectivity index is 2.17. The monoisotopic (exact) mass is 424 g/mol. The summed E-state index contributed by atoms with van der Waals surface area (Å²) in [6.45, 7) is 7.82. The Morgan fingerprint density at radius 2 is 1.67 bits per heavy atom. The Hall–Kier alpha value is -2.20. The summed E-state index contributed by atoms with van der Waals surface area (Å²) in [4.78, 5) is 20.1. The molecule has 1 amide bonds. The van der Waals surface area contributed by atoms with Gasteiger partial charge in [0.2, 0.25) is 0 Å². The number of hydrogen-bond donors (Lipinski definition) is 0. The van der Waals surface area contributed by atoms with Crippen LogP contribution in [0.15, 0.2) is 53.0 Å². The first-order valence-electron chi connectivity index (χ1n) is 9.50. The fraction of sp³-hybridized carbons (Fsp3) is 0.304. The summed E-state index contributed by atoms with van der Waals surface area (Å²) in [7, 11) is 0. The van der Waals surface area contributed by atoms with Crippen LogP contribution in [-0.2, 0) is 0 Å². The molecule has 4 heteroatoms. The van der Waals surface area contributed by atoms with Gasteiger partial charge in [-0.3, -0.25) is 4.79 Å². The Morgan fingerprint density at radius 1 is 1.00 bits per heavy atom. The molecule has 0 fully saturated rings. The van der Waals surface area contributed by atoms with Crippen LogP contribution in [0.2, 0.25) is 0 Å². The van der Waals surface area contributed by atoms with Crippen molar-refractivity contribution in [2.75, 3.05) is 13.1 Å². The number of benzene rings is 2. The molecular weight excluding hydrogens is 400 g/mol. The van der Waals surface area contributed by atoms with E-state index in [0.717, 1.165) is 58.1 Å². The van der Waals surface area contributed by atoms with Gasteiger partial charge < -0.3 is 4.90 Å². The van der Waals surface area contributed by atoms with E-state index in [2.05, 4.69) is 61.0 Å². The molecule has 27 heavy (non-hydrogen) atoms. The van der Waals surface area contributed by atoms with E-state index in [1.807, 2.05) is 29.2 Å². The fourth-order valence-corrected chi connectivity index (χ4v) is 3.63. The predicted molar refractivity (Wildman–Crippen MR) is 116 cm³/mol. The highest BCUT2D eigenvalue weighted by molar-refractivity contribution is 9.10. The van der Waals surface area contributed by atoms with Crippen LogP contribution in [0.3, 0.4) is 0 Å². The summed E-state index contributed by atoms with van der Waals surface area (Å²) in [5.41, 5.74) is 4.63. The minimum Gasteiger partial charge on any atom is -0.339 e. The number of aromatic nitrogens is 1. The number of nitrogens with zero attached hydrogens (tertiary/aromatic N) is 2. The van der Waals surface area contributed by atoms with E-state index < -0.39 is 0 Å². The molecule has 3 aromatic rings. The van der Waals surface area contributed by atoms with Crippen LogP contribution in [0.25, 0.3) is 22.2 Å². The third-order valence-electron chi connectivity index (χ3n) is 4.62. The van der Waals surface area contributed by atoms with Gasteiger partial charge in [-0.15, -0.1) is 0 Å². The van der Waals surface area contributed by atoms with Crippen molar-refractivity contribution in [1.82, 2.24) is 9.88 Å². The molecule has 0 saturated carbocycles. The number of amides is 1. The van der Waals surface area contributed by atoms with Crippen molar-refractivity contribution in [2.45, 2.75) is 33.6 Å². The topological polar surface area (TPSA) is 33.2 Å². The first-order chi connectivity index (χ1) is 13.0. The Bertz CT molecular complexity index is 944. The number of hydrogen-bond acceptors (Lipinski definition) is 2. The third kappa shape index (κ3) is 4.38. The third-order valence-corrected chi connectivity index (χ3v) is 5.12. The van der Waals surface area contributed by atoms with Crippen LogP contribution >= 0.6 is 15.9 Å². The van der Waals surface area contributed by atoms with Crippen LogP contribution in [0, 0.1) is 6.92 Å². The van der Waals surface area contributed by atoms with Crippen molar-refractivity contribution in [2.24, 2.45) is 0 Å². The molecule has 0 unspecified atom stereocenters. The van der Waals surface area contributed by atoms with Gasteiger partial charge in [-0.05, 0) is 44.0 Å². The second-order valence-corrected chi connectivity index (χ2v) is 7.79. The van der Waals surface area contributed by atoms with E-state index in [4.69, 9.17) is 4.98 Å². The number of carbonyl (C=O) groups is 1. The quantitative estimate of drug-likeness (QED) is 0.469. The Labute approximate surface area is 169 Å². The summed E-state index contributed by atoms with van der Waals surface area (Å²) in [5, 5.41) is 0.891. The number of fused-ring (bicyclic) bond motifs is 1. The smallest absolute Gasteiger partial charge is 0.254 e. The molecule has 1 aromatic heterocycles. The summed E-state index contributed by atoms with van der Waals surface area (Å²) in [5.74, 6) is 0.0811. The standard InChI is InChI=1S/C23H25BrN2O/c1-4-12-26(13-5-2)23(27)20-15-22(17-8-6-16(3)7-9-17)25-21-11-10-18(24)14-19(20)21/h6-11,14-15H,4-5,12-13H2,1-3H3. The summed E-state index contributed by atoms with van der Waals surface area (Å²) in [6.07, 6.45) is 1.90. The lowest BCUT2D eigenvalue weighted by Crippen LogP contribution is -2.32. The van der Waals surface area contributed by atoms with E-state index >= 15 is 0 Å². The van der Waals surface area contributed by atoms with Gasteiger partial charge in [0.1, 0.15) is 0 Å². The van der Waals surface area contributed by atoms with Gasteiger partial charge in [0, 0.05) is 28.5 Å². The average Bonchev–Trinajstić information content (AvgIpc) is 2.67. The highest BCUT2D eigenvalue weighted by Crippen LogP contribution is 2.28. The molecule has 0 bridgehead atoms. The zero-order valence-corrected chi connectivity index (χ0v) is 17.7. The van der Waals surface area contributed by atoms with E-state index in [1.54, 1.807) is 0 Å². The van der Waals surface area contributed by atoms with Crippen LogP contribution in [0.5, 0.6) is 0 Å². The second-order valence-electron chi connectivity index (χ2n) is 6.87. The second kappa shape index (κ2) is 8.66. The SMILES string of the molecule is CCCN(CCC)C(=O)c1cc(-c2ccc(C)cc2)nc2ccc(Br)cc12. The number of halogens is 1. The van der Waals surface area contributed by atoms with Crippen molar-refractivity contribution < 1.29 is 4.79 Å². The molecule has 0 spiro atoms. The molecule has 1 heterocycles. The van der Waals surface area contributed by atoms with Gasteiger partial charge in [-0.1, -0.05) is 59.6 Å². The van der Waals surface area contributed by atoms with Gasteiger partial charge in [-0.2, -0.15) is 0 Å². The summed E-state index contributed by atoms with van der Waals surface area (Å²) >= 11 is 3.53. The molecule has 3 nitrogen and oxygen atoms in total. The van der Waals surface area contributed by atoms with Crippen molar-refractivity contribution >= 4 is 32.7 Å². The molecule has 0 radical (unpaired) electrons. The van der Waals surface area contributed by atoms with Crippen LogP contribution in [0.4, 0.5) is 0 Å². The minimum absolute atomic E-state index is 0.0811. The molecule has 0 saturated heterocycles. The van der Waals surface area contributed by atoms with Crippen molar-refractivity contribution in [3.8, 4) is 11.3 Å². The molecule has 0 aliphatic heterocycles. The first kappa shape index (κ1) is 19.6. The maximum absolute atomic E-state index is 13.4. The molecule has 140 valence electrons. The highest BCUT2D eigenvalue weighted by atomic mass is 79.9. The summed E-state index contributed by atoms with van der Waals surface area (Å²) < 4.78 is 0.950. The normalized spacial score (nSPS) is 11.0. The maximum Gasteiger partial charge on any atom is 0.254 e. The number of aryl methyl sites for hydroxylation is 1. The molecular formula is C23H25BrN2O. The van der Waals surface area contributed by atoms with E-state index in [9.17, 15) is 4.79 Å². The Kier molecular flexibility index (Phi) is 6.27. The van der Waals surface area contributed by atoms with Crippen molar-refractivity contribution in [3.63, 3.8) is 0 Å². The molecule has 0 atom stereocenters. The lowest BCUT2D eigenvalue weighted by atomic mass is 10.0. The van der Waals surface area contributed by atoms with Crippen LogP contribution in [0.1, 0.15) is 42.6 Å². The van der Waals surface area contributed by atoms with Crippen LogP contribution < -0.4 is 0 Å². The predicted octanol–water partition coefficient (Wildman–Crippen LogP) is 6.23. The lowest BCUT2D eigenvalue weighted by Gasteiger charge is -2.22. The van der Waals surface area contributed by atoms with Gasteiger partial charge in [0.15, 0.2) is 0 Å². The minimum atomic E-state index is 0.0811. The first-order valence-corrected chi connectivity index (χ1v) is 10.3. The van der Waals surface area contributed by atoms with Gasteiger partial charge in [-0.25, -0.2) is 4.98 Å². The molecule has 0 aliphatic rings. The van der Waals surface area contributed by atoms with E-state index in [-0.39, 0.29) is 5.91 Å². The van der Waals surface area contributed by atoms with Crippen molar-refractivity contribution in [1.29, 1.82) is 0 Å². The fourth-order valence-electron chi connectivity index (χ4n) is 3.27. The van der Waals surface area contributed by atoms with E-state index in [1.165, 1.54) is 5.56 Å². The lowest BCUT2D eigenvalue weighted by molar-refractivity contribution is 0.0757. The molecule has 3 rings (SSSR count). The largest absolute Gasteiger partial charge is 0.339 e. The van der Waals surface area contributed by atoms with Crippen molar-refractivity contribution in [3.05, 3.63) is 64.1 Å². The summed E-state index contributed by atoms with van der Waals surface area (Å²) in [6, 6.07) is 16.1. The molecule has 0 N–H and O–H groups in total. The van der Waals surface area contributed by atoms with E-state index in [0.29, 0.717) is 0 Å². The molecule has 0 aliphatic carbocycles. The number of pyridine rings is 1. The zero-order valence-electron chi connectivity index (χ0n) is 16.1. The molecule has 2 aromatic carbocycles. The van der Waals surface area contributed by atoms with Gasteiger partial charge in [0.25, 0.3) is 5.91 Å². The average molecular weight is 425 g/mol. The number of rotatable bonds is 6. The Morgan fingerprint density at radius 3 is 2.30 bits per heavy atom. The zero-order chi connectivity index (χ0) is 19.4.